The lowest BCUT2D eigenvalue weighted by Gasteiger charge is -2.15. The SMILES string of the molecule is C1=C(c2ccc(-c3nc(-c4ccccc4)nc(-c4cc(-c5nc(-c6ccccc6)nc(-c6ccccc6)n5)cc5ccccc45)n3)cc2)C2CCC1C2. The van der Waals surface area contributed by atoms with Crippen molar-refractivity contribution < 1.29 is 0 Å². The van der Waals surface area contributed by atoms with Crippen molar-refractivity contribution in [2.75, 3.05) is 0 Å². The van der Waals surface area contributed by atoms with Crippen molar-refractivity contribution in [2.24, 2.45) is 11.8 Å². The predicted molar refractivity (Wildman–Crippen MR) is 212 cm³/mol. The van der Waals surface area contributed by atoms with Crippen molar-refractivity contribution in [3.63, 3.8) is 0 Å². The highest BCUT2D eigenvalue weighted by Gasteiger charge is 2.33. The van der Waals surface area contributed by atoms with Gasteiger partial charge in [-0.2, -0.15) is 0 Å². The molecule has 53 heavy (non-hydrogen) atoms. The number of rotatable bonds is 7. The molecule has 2 aliphatic rings. The molecule has 1 fully saturated rings. The predicted octanol–water partition coefficient (Wildman–Crippen LogP) is 11.0. The molecule has 1 saturated carbocycles. The Hall–Kier alpha value is -6.66. The van der Waals surface area contributed by atoms with Gasteiger partial charge in [0.05, 0.1) is 0 Å². The Labute approximate surface area is 308 Å². The Balaban J connectivity index is 1.14. The second-order valence-electron chi connectivity index (χ2n) is 13.9. The van der Waals surface area contributed by atoms with Gasteiger partial charge in [-0.15, -0.1) is 0 Å². The molecule has 0 spiro atoms. The number of hydrogen-bond donors (Lipinski definition) is 0. The quantitative estimate of drug-likeness (QED) is 0.166. The first-order valence-corrected chi connectivity index (χ1v) is 18.3. The number of hydrogen-bond acceptors (Lipinski definition) is 6. The summed E-state index contributed by atoms with van der Waals surface area (Å²) in [6.07, 6.45) is 6.42. The number of fused-ring (bicyclic) bond motifs is 3. The van der Waals surface area contributed by atoms with E-state index in [1.54, 1.807) is 0 Å². The van der Waals surface area contributed by atoms with Crippen LogP contribution in [0.2, 0.25) is 0 Å². The summed E-state index contributed by atoms with van der Waals surface area (Å²) < 4.78 is 0. The summed E-state index contributed by atoms with van der Waals surface area (Å²) in [5, 5.41) is 2.07. The number of nitrogens with zero attached hydrogens (tertiary/aromatic N) is 6. The van der Waals surface area contributed by atoms with Crippen LogP contribution in [0.5, 0.6) is 0 Å². The van der Waals surface area contributed by atoms with Crippen LogP contribution in [0.3, 0.4) is 0 Å². The molecule has 0 N–H and O–H groups in total. The summed E-state index contributed by atoms with van der Waals surface area (Å²) in [5.74, 6) is 5.09. The molecule has 0 saturated heterocycles. The summed E-state index contributed by atoms with van der Waals surface area (Å²) in [5.41, 5.74) is 8.27. The normalized spacial score (nSPS) is 16.2. The molecule has 2 unspecified atom stereocenters. The molecular weight excluding hydrogens is 649 g/mol. The molecule has 0 aliphatic heterocycles. The van der Waals surface area contributed by atoms with Crippen LogP contribution in [0, 0.1) is 11.8 Å². The van der Waals surface area contributed by atoms with E-state index in [0.29, 0.717) is 40.9 Å². The van der Waals surface area contributed by atoms with Gasteiger partial charge >= 0.3 is 0 Å². The van der Waals surface area contributed by atoms with Crippen molar-refractivity contribution in [1.29, 1.82) is 0 Å². The van der Waals surface area contributed by atoms with Crippen molar-refractivity contribution in [3.05, 3.63) is 163 Å². The molecule has 6 heteroatoms. The Bertz CT molecular complexity index is 2580. The first-order valence-electron chi connectivity index (χ1n) is 18.3. The highest BCUT2D eigenvalue weighted by molar-refractivity contribution is 5.98. The van der Waals surface area contributed by atoms with Crippen molar-refractivity contribution in [2.45, 2.75) is 19.3 Å². The van der Waals surface area contributed by atoms with E-state index in [1.807, 2.05) is 91.0 Å². The molecule has 2 aliphatic carbocycles. The van der Waals surface area contributed by atoms with Crippen LogP contribution in [0.4, 0.5) is 0 Å². The minimum atomic E-state index is 0.577. The monoisotopic (exact) mass is 682 g/mol. The lowest BCUT2D eigenvalue weighted by molar-refractivity contribution is 0.695. The van der Waals surface area contributed by atoms with Crippen LogP contribution in [0.1, 0.15) is 24.8 Å². The second kappa shape index (κ2) is 13.1. The van der Waals surface area contributed by atoms with Crippen molar-refractivity contribution in [3.8, 4) is 68.3 Å². The van der Waals surface area contributed by atoms with E-state index in [4.69, 9.17) is 29.9 Å². The van der Waals surface area contributed by atoms with E-state index in [9.17, 15) is 0 Å². The number of allylic oxidation sites excluding steroid dienone is 2. The van der Waals surface area contributed by atoms with Crippen LogP contribution in [-0.4, -0.2) is 29.9 Å². The smallest absolute Gasteiger partial charge is 0.164 e. The first-order chi connectivity index (χ1) is 26.2. The van der Waals surface area contributed by atoms with Crippen molar-refractivity contribution >= 4 is 16.3 Å². The van der Waals surface area contributed by atoms with Gasteiger partial charge in [-0.05, 0) is 65.1 Å². The third-order valence-electron chi connectivity index (χ3n) is 10.5. The molecule has 6 aromatic carbocycles. The summed E-state index contributed by atoms with van der Waals surface area (Å²) in [6, 6.07) is 51.6. The van der Waals surface area contributed by atoms with Crippen LogP contribution in [0.25, 0.3) is 84.7 Å². The third-order valence-corrected chi connectivity index (χ3v) is 10.5. The van der Waals surface area contributed by atoms with E-state index in [0.717, 1.165) is 50.1 Å². The van der Waals surface area contributed by atoms with Gasteiger partial charge in [-0.1, -0.05) is 146 Å². The van der Waals surface area contributed by atoms with Gasteiger partial charge in [0.25, 0.3) is 0 Å². The molecular formula is C47H34N6. The summed E-state index contributed by atoms with van der Waals surface area (Å²) >= 11 is 0. The maximum absolute atomic E-state index is 5.19. The summed E-state index contributed by atoms with van der Waals surface area (Å²) in [4.78, 5) is 30.4. The molecule has 2 heterocycles. The lowest BCUT2D eigenvalue weighted by atomic mass is 9.92. The van der Waals surface area contributed by atoms with Gasteiger partial charge in [0, 0.05) is 33.4 Å². The summed E-state index contributed by atoms with van der Waals surface area (Å²) in [6.45, 7) is 0. The van der Waals surface area contributed by atoms with Gasteiger partial charge in [0.15, 0.2) is 34.9 Å². The van der Waals surface area contributed by atoms with Gasteiger partial charge in [0.1, 0.15) is 0 Å². The highest BCUT2D eigenvalue weighted by atomic mass is 15.0. The van der Waals surface area contributed by atoms with E-state index in [1.165, 1.54) is 30.4 Å². The zero-order chi connectivity index (χ0) is 35.1. The van der Waals surface area contributed by atoms with Crippen molar-refractivity contribution in [1.82, 2.24) is 29.9 Å². The lowest BCUT2D eigenvalue weighted by Crippen LogP contribution is -2.02. The minimum absolute atomic E-state index is 0.577. The molecule has 252 valence electrons. The zero-order valence-electron chi connectivity index (χ0n) is 29.0. The van der Waals surface area contributed by atoms with Crippen LogP contribution in [0.15, 0.2) is 158 Å². The van der Waals surface area contributed by atoms with Gasteiger partial charge in [0.2, 0.25) is 0 Å². The second-order valence-corrected chi connectivity index (χ2v) is 13.9. The van der Waals surface area contributed by atoms with Crippen LogP contribution >= 0.6 is 0 Å². The Morgan fingerprint density at radius 1 is 0.377 bits per heavy atom. The van der Waals surface area contributed by atoms with Gasteiger partial charge < -0.3 is 0 Å². The van der Waals surface area contributed by atoms with Gasteiger partial charge in [-0.25, -0.2) is 29.9 Å². The fourth-order valence-corrected chi connectivity index (χ4v) is 7.89. The molecule has 8 aromatic rings. The van der Waals surface area contributed by atoms with Crippen LogP contribution < -0.4 is 0 Å². The first kappa shape index (κ1) is 31.1. The molecule has 0 amide bonds. The minimum Gasteiger partial charge on any atom is -0.208 e. The maximum atomic E-state index is 5.19. The standard InChI is InChI=1S/C47H34N6/c1-4-12-32(13-5-1)42-48-43(33-14-6-2-7-15-33)51-46(50-42)38-28-36-18-10-11-19-39(36)41(29-38)47-52-44(34-16-8-3-9-17-34)49-45(53-47)35-24-22-31(23-25-35)40-27-30-20-21-37(40)26-30/h1-19,22-25,27-30,37H,20-21,26H2. The molecule has 2 aromatic heterocycles. The third kappa shape index (κ3) is 5.98. The Morgan fingerprint density at radius 3 is 1.34 bits per heavy atom. The topological polar surface area (TPSA) is 77.3 Å². The largest absolute Gasteiger partial charge is 0.208 e. The fourth-order valence-electron chi connectivity index (χ4n) is 7.89. The van der Waals surface area contributed by atoms with Crippen LogP contribution in [-0.2, 0) is 0 Å². The van der Waals surface area contributed by atoms with Gasteiger partial charge in [-0.3, -0.25) is 0 Å². The van der Waals surface area contributed by atoms with E-state index in [-0.39, 0.29) is 0 Å². The fraction of sp³-hybridized carbons (Fsp3) is 0.106. The molecule has 10 rings (SSSR count). The average Bonchev–Trinajstić information content (AvgIpc) is 3.89. The van der Waals surface area contributed by atoms with E-state index < -0.39 is 0 Å². The highest BCUT2D eigenvalue weighted by Crippen LogP contribution is 2.48. The molecule has 6 nitrogen and oxygen atoms in total. The Kier molecular flexibility index (Phi) is 7.72. The molecule has 0 radical (unpaired) electrons. The zero-order valence-corrected chi connectivity index (χ0v) is 29.0. The molecule has 2 bridgehead atoms. The maximum Gasteiger partial charge on any atom is 0.164 e. The Morgan fingerprint density at radius 2 is 0.830 bits per heavy atom. The number of aromatic nitrogens is 6. The molecule has 2 atom stereocenters. The average molecular weight is 683 g/mol. The number of benzene rings is 6. The van der Waals surface area contributed by atoms with E-state index in [2.05, 4.69) is 66.7 Å². The summed E-state index contributed by atoms with van der Waals surface area (Å²) in [7, 11) is 0. The van der Waals surface area contributed by atoms with E-state index >= 15 is 0 Å².